The lowest BCUT2D eigenvalue weighted by Crippen LogP contribution is -2.30. The molecule has 3 N–H and O–H groups in total. The molecule has 0 saturated heterocycles. The highest BCUT2D eigenvalue weighted by Gasteiger charge is 2.30. The Bertz CT molecular complexity index is 1860. The van der Waals surface area contributed by atoms with E-state index >= 15 is 0 Å². The van der Waals surface area contributed by atoms with E-state index in [1.165, 1.54) is 212 Å². The molecular formula is C77H150O17P2. The second kappa shape index (κ2) is 68.8. The zero-order valence-electron chi connectivity index (χ0n) is 62.7. The third-order valence-electron chi connectivity index (χ3n) is 18.3. The first-order chi connectivity index (χ1) is 46.4. The molecule has 6 atom stereocenters. The third kappa shape index (κ3) is 69.2. The van der Waals surface area contributed by atoms with Crippen LogP contribution in [0.4, 0.5) is 0 Å². The summed E-state index contributed by atoms with van der Waals surface area (Å²) in [4.78, 5) is 72.7. The summed E-state index contributed by atoms with van der Waals surface area (Å²) in [7, 11) is -9.91. The highest BCUT2D eigenvalue weighted by atomic mass is 31.2. The van der Waals surface area contributed by atoms with Gasteiger partial charge in [0.1, 0.15) is 19.3 Å². The minimum absolute atomic E-state index is 0.105. The fourth-order valence-corrected chi connectivity index (χ4v) is 13.4. The van der Waals surface area contributed by atoms with Crippen molar-refractivity contribution in [1.29, 1.82) is 0 Å². The topological polar surface area (TPSA) is 237 Å². The van der Waals surface area contributed by atoms with E-state index in [1.807, 2.05) is 0 Å². The van der Waals surface area contributed by atoms with Crippen LogP contribution in [0.3, 0.4) is 0 Å². The van der Waals surface area contributed by atoms with E-state index in [0.29, 0.717) is 25.7 Å². The number of rotatable bonds is 76. The predicted molar refractivity (Wildman–Crippen MR) is 391 cm³/mol. The van der Waals surface area contributed by atoms with E-state index in [4.69, 9.17) is 37.0 Å². The van der Waals surface area contributed by atoms with Crippen LogP contribution in [-0.2, 0) is 65.4 Å². The van der Waals surface area contributed by atoms with E-state index in [-0.39, 0.29) is 25.7 Å². The maximum Gasteiger partial charge on any atom is 0.472 e. The number of hydrogen-bond acceptors (Lipinski definition) is 15. The summed E-state index contributed by atoms with van der Waals surface area (Å²) in [5, 5.41) is 10.6. The van der Waals surface area contributed by atoms with Gasteiger partial charge in [0.15, 0.2) is 12.2 Å². The number of aliphatic hydroxyl groups is 1. The van der Waals surface area contributed by atoms with Gasteiger partial charge in [-0.2, -0.15) is 0 Å². The minimum Gasteiger partial charge on any atom is -0.462 e. The van der Waals surface area contributed by atoms with Crippen LogP contribution in [0, 0.1) is 11.8 Å². The molecule has 96 heavy (non-hydrogen) atoms. The van der Waals surface area contributed by atoms with Crippen molar-refractivity contribution in [2.45, 2.75) is 419 Å². The van der Waals surface area contributed by atoms with Crippen LogP contribution in [-0.4, -0.2) is 96.7 Å². The highest BCUT2D eigenvalue weighted by molar-refractivity contribution is 7.47. The molecule has 0 rings (SSSR count). The van der Waals surface area contributed by atoms with E-state index in [1.54, 1.807) is 0 Å². The number of phosphoric ester groups is 2. The van der Waals surface area contributed by atoms with Crippen LogP contribution in [0.2, 0.25) is 0 Å². The Labute approximate surface area is 588 Å². The van der Waals surface area contributed by atoms with Gasteiger partial charge in [-0.3, -0.25) is 37.3 Å². The molecule has 0 aromatic rings. The van der Waals surface area contributed by atoms with Crippen LogP contribution in [0.25, 0.3) is 0 Å². The Morgan fingerprint density at radius 3 is 0.792 bits per heavy atom. The number of unbranched alkanes of at least 4 members (excludes halogenated alkanes) is 45. The molecule has 0 aromatic carbocycles. The first-order valence-corrected chi connectivity index (χ1v) is 43.0. The standard InChI is InChI=1S/C77H150O17P2/c1-7-10-12-14-16-18-19-20-25-29-32-35-42-48-54-60-75(80)88-66-73(93-76(81)61-55-49-43-36-33-30-27-24-22-21-23-26-28-31-34-39-45-51-57-69(4)5)68-92-96(85,86)90-64-71(78)63-89-95(83,84)91-67-72(65-87-74(79)59-53-47-41-17-15-13-11-8-2)94-77(82)62-56-50-44-38-37-40-46-52-58-70(6)9-3/h69-73,78H,7-68H2,1-6H3,(H,83,84)(H,85,86)/t70?,71-,72+,73+/m0/s1. The molecule has 0 aromatic heterocycles. The number of carbonyl (C=O) groups excluding carboxylic acids is 4. The van der Waals surface area contributed by atoms with E-state index in [2.05, 4.69) is 41.5 Å². The Morgan fingerprint density at radius 2 is 0.531 bits per heavy atom. The zero-order chi connectivity index (χ0) is 70.7. The van der Waals surface area contributed by atoms with Gasteiger partial charge in [0.05, 0.1) is 26.4 Å². The molecule has 0 aliphatic carbocycles. The molecule has 0 saturated carbocycles. The van der Waals surface area contributed by atoms with Gasteiger partial charge >= 0.3 is 39.5 Å². The molecule has 3 unspecified atom stereocenters. The van der Waals surface area contributed by atoms with Gasteiger partial charge < -0.3 is 33.8 Å². The number of ether oxygens (including phenoxy) is 4. The van der Waals surface area contributed by atoms with Crippen molar-refractivity contribution in [3.63, 3.8) is 0 Å². The molecular weight excluding hydrogens is 1260 g/mol. The molecule has 0 aliphatic rings. The van der Waals surface area contributed by atoms with Gasteiger partial charge in [-0.25, -0.2) is 9.13 Å². The average Bonchev–Trinajstić information content (AvgIpc) is 1.12. The van der Waals surface area contributed by atoms with Gasteiger partial charge in [-0.05, 0) is 37.5 Å². The summed E-state index contributed by atoms with van der Waals surface area (Å²) in [6.07, 6.45) is 56.9. The maximum atomic E-state index is 13.1. The van der Waals surface area contributed by atoms with Crippen molar-refractivity contribution in [2.24, 2.45) is 11.8 Å². The smallest absolute Gasteiger partial charge is 0.462 e. The SMILES string of the molecule is CCCCCCCCCCCCCCCCCC(=O)OC[C@H](COP(=O)(O)OC[C@@H](O)COP(=O)(O)OC[C@@H](COC(=O)CCCCCCCCCC)OC(=O)CCCCCCCCCCC(C)CC)OC(=O)CCCCCCCCCCCCCCCCCCCCC(C)C. The normalized spacial score (nSPS) is 14.3. The second-order valence-electron chi connectivity index (χ2n) is 28.5. The Hall–Kier alpha value is -1.94. The molecule has 0 spiro atoms. The lowest BCUT2D eigenvalue weighted by atomic mass is 9.99. The summed E-state index contributed by atoms with van der Waals surface area (Å²) < 4.78 is 68.5. The number of aliphatic hydroxyl groups excluding tert-OH is 1. The molecule has 0 bridgehead atoms. The summed E-state index contributed by atoms with van der Waals surface area (Å²) in [5.74, 6) is -0.527. The fourth-order valence-electron chi connectivity index (χ4n) is 11.8. The minimum atomic E-state index is -4.96. The third-order valence-corrected chi connectivity index (χ3v) is 20.2. The van der Waals surface area contributed by atoms with Gasteiger partial charge in [0.2, 0.25) is 0 Å². The fraction of sp³-hybridized carbons (Fsp3) is 0.948. The van der Waals surface area contributed by atoms with Crippen molar-refractivity contribution in [2.75, 3.05) is 39.6 Å². The first-order valence-electron chi connectivity index (χ1n) is 40.0. The number of phosphoric acid groups is 2. The van der Waals surface area contributed by atoms with Crippen LogP contribution < -0.4 is 0 Å². The predicted octanol–water partition coefficient (Wildman–Crippen LogP) is 22.7. The summed E-state index contributed by atoms with van der Waals surface area (Å²) in [6, 6.07) is 0. The van der Waals surface area contributed by atoms with Crippen molar-refractivity contribution in [3.8, 4) is 0 Å². The Morgan fingerprint density at radius 1 is 0.302 bits per heavy atom. The average molecular weight is 1410 g/mol. The molecule has 0 fully saturated rings. The molecule has 0 radical (unpaired) electrons. The van der Waals surface area contributed by atoms with Crippen molar-refractivity contribution < 1.29 is 80.2 Å². The summed E-state index contributed by atoms with van der Waals surface area (Å²) >= 11 is 0. The van der Waals surface area contributed by atoms with Crippen LogP contribution in [0.1, 0.15) is 401 Å². The van der Waals surface area contributed by atoms with Gasteiger partial charge in [-0.15, -0.1) is 0 Å². The second-order valence-corrected chi connectivity index (χ2v) is 31.4. The molecule has 0 aliphatic heterocycles. The lowest BCUT2D eigenvalue weighted by molar-refractivity contribution is -0.161. The van der Waals surface area contributed by atoms with Crippen molar-refractivity contribution in [3.05, 3.63) is 0 Å². The maximum absolute atomic E-state index is 13.1. The van der Waals surface area contributed by atoms with E-state index in [0.717, 1.165) is 108 Å². The van der Waals surface area contributed by atoms with E-state index in [9.17, 15) is 43.2 Å². The lowest BCUT2D eigenvalue weighted by Gasteiger charge is -2.21. The number of carbonyl (C=O) groups is 4. The van der Waals surface area contributed by atoms with Crippen molar-refractivity contribution in [1.82, 2.24) is 0 Å². The molecule has 570 valence electrons. The van der Waals surface area contributed by atoms with Gasteiger partial charge in [0.25, 0.3) is 0 Å². The van der Waals surface area contributed by atoms with Gasteiger partial charge in [0, 0.05) is 25.7 Å². The van der Waals surface area contributed by atoms with Gasteiger partial charge in [-0.1, -0.05) is 350 Å². The number of esters is 4. The van der Waals surface area contributed by atoms with Crippen LogP contribution >= 0.6 is 15.6 Å². The molecule has 17 nitrogen and oxygen atoms in total. The van der Waals surface area contributed by atoms with Crippen LogP contribution in [0.15, 0.2) is 0 Å². The van der Waals surface area contributed by atoms with E-state index < -0.39 is 97.5 Å². The summed E-state index contributed by atoms with van der Waals surface area (Å²) in [6.45, 7) is 9.61. The van der Waals surface area contributed by atoms with Crippen molar-refractivity contribution >= 4 is 39.5 Å². The monoisotopic (exact) mass is 1410 g/mol. The quantitative estimate of drug-likeness (QED) is 0.0222. The first kappa shape index (κ1) is 94.1. The Balaban J connectivity index is 5.19. The van der Waals surface area contributed by atoms with Crippen LogP contribution in [0.5, 0.6) is 0 Å². The largest absolute Gasteiger partial charge is 0.472 e. The molecule has 0 heterocycles. The summed E-state index contributed by atoms with van der Waals surface area (Å²) in [5.41, 5.74) is 0. The molecule has 0 amide bonds. The Kier molecular flexibility index (Phi) is 67.4. The molecule has 19 heteroatoms. The zero-order valence-corrected chi connectivity index (χ0v) is 64.5. The number of hydrogen-bond donors (Lipinski definition) is 3. The highest BCUT2D eigenvalue weighted by Crippen LogP contribution is 2.45.